The smallest absolute Gasteiger partial charge is 0.422 e. The maximum Gasteiger partial charge on any atom is 0.422 e. The van der Waals surface area contributed by atoms with E-state index in [1.807, 2.05) is 0 Å². The molecule has 0 aliphatic rings. The van der Waals surface area contributed by atoms with Crippen molar-refractivity contribution >= 4 is 17.7 Å². The Kier molecular flexibility index (Phi) is 5.36. The number of hydrogen-bond donors (Lipinski definition) is 2. The van der Waals surface area contributed by atoms with E-state index < -0.39 is 18.9 Å². The highest BCUT2D eigenvalue weighted by Gasteiger charge is 2.29. The molecular weight excluding hydrogens is 277 g/mol. The molecule has 0 bridgehead atoms. The SMILES string of the molecule is CNC(=O)Cc1ccc(NC(=O)OCC(F)(F)F)cc1. The number of nitrogens with one attached hydrogen (secondary N) is 2. The minimum atomic E-state index is -4.56. The highest BCUT2D eigenvalue weighted by molar-refractivity contribution is 5.84. The van der Waals surface area contributed by atoms with E-state index in [9.17, 15) is 22.8 Å². The van der Waals surface area contributed by atoms with Crippen LogP contribution in [0.25, 0.3) is 0 Å². The molecule has 0 saturated heterocycles. The van der Waals surface area contributed by atoms with Gasteiger partial charge in [-0.05, 0) is 17.7 Å². The predicted octanol–water partition coefficient (Wildman–Crippen LogP) is 2.09. The van der Waals surface area contributed by atoms with Crippen LogP contribution in [-0.2, 0) is 16.0 Å². The first kappa shape index (κ1) is 15.8. The summed E-state index contributed by atoms with van der Waals surface area (Å²) in [7, 11) is 1.51. The van der Waals surface area contributed by atoms with Gasteiger partial charge in [-0.3, -0.25) is 10.1 Å². The molecule has 0 unspecified atom stereocenters. The maximum atomic E-state index is 11.8. The van der Waals surface area contributed by atoms with Gasteiger partial charge in [0.1, 0.15) is 0 Å². The molecule has 1 aromatic rings. The van der Waals surface area contributed by atoms with Crippen molar-refractivity contribution in [2.24, 2.45) is 0 Å². The lowest BCUT2D eigenvalue weighted by atomic mass is 10.1. The van der Waals surface area contributed by atoms with Gasteiger partial charge in [0.25, 0.3) is 0 Å². The second-order valence-electron chi connectivity index (χ2n) is 3.86. The minimum absolute atomic E-state index is 0.171. The Morgan fingerprint density at radius 2 is 1.80 bits per heavy atom. The highest BCUT2D eigenvalue weighted by Crippen LogP contribution is 2.15. The zero-order chi connectivity index (χ0) is 15.2. The molecule has 0 aliphatic heterocycles. The van der Waals surface area contributed by atoms with Crippen molar-refractivity contribution in [1.29, 1.82) is 0 Å². The first-order chi connectivity index (χ1) is 9.30. The topological polar surface area (TPSA) is 67.4 Å². The summed E-state index contributed by atoms with van der Waals surface area (Å²) in [5.41, 5.74) is 0.983. The molecule has 2 amide bonds. The summed E-state index contributed by atoms with van der Waals surface area (Å²) in [6, 6.07) is 6.09. The van der Waals surface area contributed by atoms with E-state index in [-0.39, 0.29) is 18.0 Å². The number of benzene rings is 1. The average Bonchev–Trinajstić information content (AvgIpc) is 2.38. The Labute approximate surface area is 113 Å². The van der Waals surface area contributed by atoms with Gasteiger partial charge >= 0.3 is 12.3 Å². The summed E-state index contributed by atoms with van der Waals surface area (Å²) in [4.78, 5) is 22.2. The Hall–Kier alpha value is -2.25. The molecule has 2 N–H and O–H groups in total. The van der Waals surface area contributed by atoms with Gasteiger partial charge in [-0.25, -0.2) is 4.79 Å². The number of amides is 2. The van der Waals surface area contributed by atoms with Crippen molar-refractivity contribution in [3.63, 3.8) is 0 Å². The maximum absolute atomic E-state index is 11.8. The van der Waals surface area contributed by atoms with Gasteiger partial charge in [-0.2, -0.15) is 13.2 Å². The fraction of sp³-hybridized carbons (Fsp3) is 0.333. The molecule has 5 nitrogen and oxygen atoms in total. The number of carbonyl (C=O) groups excluding carboxylic acids is 2. The minimum Gasteiger partial charge on any atom is -0.440 e. The molecule has 0 spiro atoms. The molecule has 20 heavy (non-hydrogen) atoms. The molecule has 0 radical (unpaired) electrons. The number of carbonyl (C=O) groups is 2. The summed E-state index contributed by atoms with van der Waals surface area (Å²) in [6.45, 7) is -1.65. The summed E-state index contributed by atoms with van der Waals surface area (Å²) >= 11 is 0. The van der Waals surface area contributed by atoms with E-state index in [1.165, 1.54) is 19.2 Å². The largest absolute Gasteiger partial charge is 0.440 e. The fourth-order valence-corrected chi connectivity index (χ4v) is 1.28. The van der Waals surface area contributed by atoms with Gasteiger partial charge in [0.15, 0.2) is 6.61 Å². The van der Waals surface area contributed by atoms with E-state index in [0.29, 0.717) is 5.56 Å². The van der Waals surface area contributed by atoms with Crippen molar-refractivity contribution in [3.8, 4) is 0 Å². The van der Waals surface area contributed by atoms with Crippen LogP contribution in [0.4, 0.5) is 23.7 Å². The molecule has 110 valence electrons. The molecule has 1 aromatic carbocycles. The molecule has 0 atom stereocenters. The molecule has 0 fully saturated rings. The van der Waals surface area contributed by atoms with Crippen molar-refractivity contribution in [1.82, 2.24) is 5.32 Å². The van der Waals surface area contributed by atoms with Gasteiger partial charge in [-0.1, -0.05) is 12.1 Å². The molecule has 0 heterocycles. The summed E-state index contributed by atoms with van der Waals surface area (Å²) in [5.74, 6) is -0.171. The van der Waals surface area contributed by atoms with E-state index in [1.54, 1.807) is 12.1 Å². The first-order valence-electron chi connectivity index (χ1n) is 5.60. The Morgan fingerprint density at radius 3 is 2.30 bits per heavy atom. The molecule has 0 aliphatic carbocycles. The third-order valence-electron chi connectivity index (χ3n) is 2.21. The van der Waals surface area contributed by atoms with Crippen molar-refractivity contribution in [2.45, 2.75) is 12.6 Å². The van der Waals surface area contributed by atoms with E-state index >= 15 is 0 Å². The zero-order valence-corrected chi connectivity index (χ0v) is 10.6. The van der Waals surface area contributed by atoms with Crippen LogP contribution in [0.2, 0.25) is 0 Å². The van der Waals surface area contributed by atoms with Crippen LogP contribution in [0.1, 0.15) is 5.56 Å². The van der Waals surface area contributed by atoms with Crippen LogP contribution in [0.15, 0.2) is 24.3 Å². The number of anilines is 1. The predicted molar refractivity (Wildman–Crippen MR) is 65.2 cm³/mol. The van der Waals surface area contributed by atoms with Gasteiger partial charge in [0.05, 0.1) is 6.42 Å². The summed E-state index contributed by atoms with van der Waals surface area (Å²) in [5, 5.41) is 4.60. The molecule has 0 saturated carbocycles. The van der Waals surface area contributed by atoms with Crippen molar-refractivity contribution < 1.29 is 27.5 Å². The third kappa shape index (κ3) is 6.07. The molecule has 0 aromatic heterocycles. The zero-order valence-electron chi connectivity index (χ0n) is 10.6. The average molecular weight is 290 g/mol. The van der Waals surface area contributed by atoms with Crippen LogP contribution in [0.5, 0.6) is 0 Å². The monoisotopic (exact) mass is 290 g/mol. The van der Waals surface area contributed by atoms with Gasteiger partial charge in [0, 0.05) is 12.7 Å². The number of ether oxygens (including phenoxy) is 1. The second kappa shape index (κ2) is 6.78. The van der Waals surface area contributed by atoms with Crippen LogP contribution in [0, 0.1) is 0 Å². The lowest BCUT2D eigenvalue weighted by molar-refractivity contribution is -0.159. The summed E-state index contributed by atoms with van der Waals surface area (Å²) in [6.07, 6.45) is -5.58. The lowest BCUT2D eigenvalue weighted by Gasteiger charge is -2.09. The third-order valence-corrected chi connectivity index (χ3v) is 2.21. The number of alkyl halides is 3. The Balaban J connectivity index is 2.49. The Morgan fingerprint density at radius 1 is 1.20 bits per heavy atom. The van der Waals surface area contributed by atoms with E-state index in [0.717, 1.165) is 0 Å². The molecule has 1 rings (SSSR count). The quantitative estimate of drug-likeness (QED) is 0.892. The van der Waals surface area contributed by atoms with Crippen molar-refractivity contribution in [3.05, 3.63) is 29.8 Å². The van der Waals surface area contributed by atoms with Crippen LogP contribution < -0.4 is 10.6 Å². The van der Waals surface area contributed by atoms with E-state index in [2.05, 4.69) is 15.4 Å². The van der Waals surface area contributed by atoms with E-state index in [4.69, 9.17) is 0 Å². The van der Waals surface area contributed by atoms with Gasteiger partial charge in [0.2, 0.25) is 5.91 Å². The number of halogens is 3. The first-order valence-corrected chi connectivity index (χ1v) is 5.60. The highest BCUT2D eigenvalue weighted by atomic mass is 19.4. The number of hydrogen-bond acceptors (Lipinski definition) is 3. The lowest BCUT2D eigenvalue weighted by Crippen LogP contribution is -2.23. The molecular formula is C12H13F3N2O3. The fourth-order valence-electron chi connectivity index (χ4n) is 1.28. The standard InChI is InChI=1S/C12H13F3N2O3/c1-16-10(18)6-8-2-4-9(5-3-8)17-11(19)20-7-12(13,14)15/h2-5H,6-7H2,1H3,(H,16,18)(H,17,19). The number of likely N-dealkylation sites (N-methyl/N-ethyl adjacent to an activating group) is 1. The van der Waals surface area contributed by atoms with Crippen LogP contribution in [0.3, 0.4) is 0 Å². The van der Waals surface area contributed by atoms with Gasteiger partial charge in [-0.15, -0.1) is 0 Å². The second-order valence-corrected chi connectivity index (χ2v) is 3.86. The normalized spacial score (nSPS) is 10.8. The number of rotatable bonds is 4. The Bertz CT molecular complexity index is 472. The van der Waals surface area contributed by atoms with Crippen molar-refractivity contribution in [2.75, 3.05) is 19.0 Å². The van der Waals surface area contributed by atoms with Gasteiger partial charge < -0.3 is 10.1 Å². The molecule has 8 heteroatoms. The van der Waals surface area contributed by atoms with Crippen LogP contribution in [-0.4, -0.2) is 31.8 Å². The summed E-state index contributed by atoms with van der Waals surface area (Å²) < 4.78 is 39.4. The van der Waals surface area contributed by atoms with Crippen LogP contribution >= 0.6 is 0 Å².